The summed E-state index contributed by atoms with van der Waals surface area (Å²) in [7, 11) is 0. The molecule has 4 heteroatoms. The number of halogens is 1. The number of nitriles is 1. The lowest BCUT2D eigenvalue weighted by Crippen LogP contribution is -2.29. The van der Waals surface area contributed by atoms with Gasteiger partial charge in [0.05, 0.1) is 10.6 Å². The Labute approximate surface area is 118 Å². The lowest BCUT2D eigenvalue weighted by molar-refractivity contribution is 0.736. The van der Waals surface area contributed by atoms with E-state index in [0.717, 1.165) is 18.8 Å². The van der Waals surface area contributed by atoms with Gasteiger partial charge in [-0.2, -0.15) is 17.0 Å². The third-order valence-electron chi connectivity index (χ3n) is 3.40. The van der Waals surface area contributed by atoms with Crippen molar-refractivity contribution < 1.29 is 0 Å². The predicted octanol–water partition coefficient (Wildman–Crippen LogP) is 3.93. The van der Waals surface area contributed by atoms with Crippen LogP contribution in [0, 0.1) is 11.3 Å². The van der Waals surface area contributed by atoms with Crippen molar-refractivity contribution in [2.45, 2.75) is 24.5 Å². The van der Waals surface area contributed by atoms with Gasteiger partial charge in [0, 0.05) is 24.0 Å². The van der Waals surface area contributed by atoms with Gasteiger partial charge in [0.1, 0.15) is 6.07 Å². The molecule has 1 aromatic rings. The molecular formula is C14H17ClN2S. The molecule has 1 unspecified atom stereocenters. The Morgan fingerprint density at radius 1 is 1.44 bits per heavy atom. The molecule has 1 heterocycles. The van der Waals surface area contributed by atoms with Gasteiger partial charge < -0.3 is 4.90 Å². The standard InChI is InChI=1S/C14H17ClN2S/c1-18-13-4-2-3-7-17(10-13)12-6-5-11(9-16)14(15)8-12/h5-6,8,13H,2-4,7,10H2,1H3. The van der Waals surface area contributed by atoms with Crippen LogP contribution in [0.4, 0.5) is 5.69 Å². The Bertz CT molecular complexity index is 456. The average Bonchev–Trinajstić information content (AvgIpc) is 2.64. The third-order valence-corrected chi connectivity index (χ3v) is 4.76. The van der Waals surface area contributed by atoms with E-state index < -0.39 is 0 Å². The van der Waals surface area contributed by atoms with Crippen LogP contribution in [0.1, 0.15) is 24.8 Å². The van der Waals surface area contributed by atoms with Crippen molar-refractivity contribution in [1.82, 2.24) is 0 Å². The smallest absolute Gasteiger partial charge is 0.101 e. The molecule has 1 atom stereocenters. The molecule has 2 rings (SSSR count). The highest BCUT2D eigenvalue weighted by molar-refractivity contribution is 7.99. The first-order chi connectivity index (χ1) is 8.74. The number of nitrogens with zero attached hydrogens (tertiary/aromatic N) is 2. The zero-order valence-corrected chi connectivity index (χ0v) is 12.1. The molecule has 96 valence electrons. The van der Waals surface area contributed by atoms with E-state index in [1.165, 1.54) is 19.3 Å². The van der Waals surface area contributed by atoms with Crippen molar-refractivity contribution in [2.75, 3.05) is 24.2 Å². The molecular weight excluding hydrogens is 264 g/mol. The molecule has 1 saturated heterocycles. The molecule has 0 saturated carbocycles. The predicted molar refractivity (Wildman–Crippen MR) is 79.5 cm³/mol. The third kappa shape index (κ3) is 3.13. The molecule has 0 radical (unpaired) electrons. The Kier molecular flexibility index (Phi) is 4.79. The number of hydrogen-bond acceptors (Lipinski definition) is 3. The summed E-state index contributed by atoms with van der Waals surface area (Å²) < 4.78 is 0. The lowest BCUT2D eigenvalue weighted by Gasteiger charge is -2.26. The van der Waals surface area contributed by atoms with Crippen molar-refractivity contribution in [3.8, 4) is 6.07 Å². The number of thioether (sulfide) groups is 1. The number of hydrogen-bond donors (Lipinski definition) is 0. The summed E-state index contributed by atoms with van der Waals surface area (Å²) in [5, 5.41) is 10.1. The van der Waals surface area contributed by atoms with Gasteiger partial charge in [0.2, 0.25) is 0 Å². The molecule has 1 fully saturated rings. The fourth-order valence-electron chi connectivity index (χ4n) is 2.32. The Morgan fingerprint density at radius 2 is 2.28 bits per heavy atom. The van der Waals surface area contributed by atoms with E-state index in [1.807, 2.05) is 30.0 Å². The molecule has 0 aromatic heterocycles. The van der Waals surface area contributed by atoms with Gasteiger partial charge in [0.15, 0.2) is 0 Å². The maximum atomic E-state index is 8.89. The molecule has 1 aliphatic heterocycles. The number of anilines is 1. The zero-order chi connectivity index (χ0) is 13.0. The second-order valence-corrected chi connectivity index (χ2v) is 6.12. The molecule has 0 spiro atoms. The minimum atomic E-state index is 0.552. The summed E-state index contributed by atoms with van der Waals surface area (Å²) in [6.07, 6.45) is 6.00. The van der Waals surface area contributed by atoms with Crippen molar-refractivity contribution >= 4 is 29.1 Å². The topological polar surface area (TPSA) is 27.0 Å². The van der Waals surface area contributed by atoms with E-state index in [9.17, 15) is 0 Å². The van der Waals surface area contributed by atoms with Crippen molar-refractivity contribution in [1.29, 1.82) is 5.26 Å². The summed E-state index contributed by atoms with van der Waals surface area (Å²) in [4.78, 5) is 2.39. The van der Waals surface area contributed by atoms with E-state index in [4.69, 9.17) is 16.9 Å². The van der Waals surface area contributed by atoms with Gasteiger partial charge in [0.25, 0.3) is 0 Å². The van der Waals surface area contributed by atoms with E-state index in [1.54, 1.807) is 0 Å². The maximum absolute atomic E-state index is 8.89. The Hall–Kier alpha value is -0.850. The second kappa shape index (κ2) is 6.36. The van der Waals surface area contributed by atoms with Gasteiger partial charge >= 0.3 is 0 Å². The van der Waals surface area contributed by atoms with E-state index in [-0.39, 0.29) is 0 Å². The van der Waals surface area contributed by atoms with Gasteiger partial charge in [-0.15, -0.1) is 0 Å². The van der Waals surface area contributed by atoms with Crippen LogP contribution in [0.25, 0.3) is 0 Å². The normalized spacial score (nSPS) is 20.3. The van der Waals surface area contributed by atoms with Crippen molar-refractivity contribution in [3.05, 3.63) is 28.8 Å². The second-order valence-electron chi connectivity index (χ2n) is 4.58. The van der Waals surface area contributed by atoms with Gasteiger partial charge in [-0.05, 0) is 37.3 Å². The van der Waals surface area contributed by atoms with Crippen LogP contribution in [-0.4, -0.2) is 24.6 Å². The molecule has 0 bridgehead atoms. The van der Waals surface area contributed by atoms with Crippen LogP contribution >= 0.6 is 23.4 Å². The summed E-state index contributed by atoms with van der Waals surface area (Å²) in [6.45, 7) is 2.16. The lowest BCUT2D eigenvalue weighted by atomic mass is 10.2. The fourth-order valence-corrected chi connectivity index (χ4v) is 3.27. The van der Waals surface area contributed by atoms with Gasteiger partial charge in [-0.1, -0.05) is 18.0 Å². The molecule has 0 N–H and O–H groups in total. The van der Waals surface area contributed by atoms with E-state index in [2.05, 4.69) is 17.2 Å². The fraction of sp³-hybridized carbons (Fsp3) is 0.500. The quantitative estimate of drug-likeness (QED) is 0.821. The minimum Gasteiger partial charge on any atom is -0.370 e. The average molecular weight is 281 g/mol. The molecule has 18 heavy (non-hydrogen) atoms. The highest BCUT2D eigenvalue weighted by Crippen LogP contribution is 2.27. The van der Waals surface area contributed by atoms with E-state index in [0.29, 0.717) is 15.8 Å². The minimum absolute atomic E-state index is 0.552. The molecule has 1 aromatic carbocycles. The highest BCUT2D eigenvalue weighted by Gasteiger charge is 2.18. The van der Waals surface area contributed by atoms with Crippen LogP contribution < -0.4 is 4.90 Å². The summed E-state index contributed by atoms with van der Waals surface area (Å²) in [5.41, 5.74) is 1.69. The van der Waals surface area contributed by atoms with Crippen LogP contribution in [0.5, 0.6) is 0 Å². The summed E-state index contributed by atoms with van der Waals surface area (Å²) >= 11 is 8.05. The first-order valence-electron chi connectivity index (χ1n) is 6.22. The van der Waals surface area contributed by atoms with Crippen LogP contribution in [0.15, 0.2) is 18.2 Å². The SMILES string of the molecule is CSC1CCCCN(c2ccc(C#N)c(Cl)c2)C1. The monoisotopic (exact) mass is 280 g/mol. The van der Waals surface area contributed by atoms with Crippen LogP contribution in [-0.2, 0) is 0 Å². The van der Waals surface area contributed by atoms with E-state index >= 15 is 0 Å². The molecule has 1 aliphatic rings. The largest absolute Gasteiger partial charge is 0.370 e. The van der Waals surface area contributed by atoms with Crippen LogP contribution in [0.2, 0.25) is 5.02 Å². The summed E-state index contributed by atoms with van der Waals surface area (Å²) in [5.74, 6) is 0. The Morgan fingerprint density at radius 3 is 2.94 bits per heavy atom. The molecule has 0 amide bonds. The van der Waals surface area contributed by atoms with Crippen molar-refractivity contribution in [2.24, 2.45) is 0 Å². The van der Waals surface area contributed by atoms with Crippen molar-refractivity contribution in [3.63, 3.8) is 0 Å². The molecule has 0 aliphatic carbocycles. The first-order valence-corrected chi connectivity index (χ1v) is 7.88. The number of rotatable bonds is 2. The van der Waals surface area contributed by atoms with Gasteiger partial charge in [-0.25, -0.2) is 0 Å². The van der Waals surface area contributed by atoms with Gasteiger partial charge in [-0.3, -0.25) is 0 Å². The maximum Gasteiger partial charge on any atom is 0.101 e. The van der Waals surface area contributed by atoms with Crippen LogP contribution in [0.3, 0.4) is 0 Å². The first kappa shape index (κ1) is 13.6. The molecule has 2 nitrogen and oxygen atoms in total. The summed E-state index contributed by atoms with van der Waals surface area (Å²) in [6, 6.07) is 7.85. The Balaban J connectivity index is 2.19. The zero-order valence-electron chi connectivity index (χ0n) is 10.5. The number of benzene rings is 1. The highest BCUT2D eigenvalue weighted by atomic mass is 35.5.